The summed E-state index contributed by atoms with van der Waals surface area (Å²) in [5.74, 6) is -0.585. The second kappa shape index (κ2) is 6.11. The first kappa shape index (κ1) is 13.9. The Morgan fingerprint density at radius 3 is 2.70 bits per heavy atom. The van der Waals surface area contributed by atoms with Gasteiger partial charge in [0.1, 0.15) is 5.69 Å². The molecule has 7 nitrogen and oxygen atoms in total. The first-order chi connectivity index (χ1) is 9.56. The highest BCUT2D eigenvalue weighted by Crippen LogP contribution is 2.12. The molecule has 0 fully saturated rings. The zero-order valence-corrected chi connectivity index (χ0v) is 11.1. The Hall–Kier alpha value is -2.48. The van der Waals surface area contributed by atoms with E-state index in [9.17, 15) is 19.2 Å². The summed E-state index contributed by atoms with van der Waals surface area (Å²) in [6, 6.07) is 3.45. The number of anilines is 1. The van der Waals surface area contributed by atoms with E-state index >= 15 is 0 Å². The Labute approximate surface area is 116 Å². The Kier molecular flexibility index (Phi) is 4.26. The molecule has 2 heterocycles. The maximum atomic E-state index is 11.7. The molecule has 0 spiro atoms. The molecule has 104 valence electrons. The summed E-state index contributed by atoms with van der Waals surface area (Å²) in [4.78, 5) is 50.3. The Morgan fingerprint density at radius 1 is 1.25 bits per heavy atom. The number of H-pyrrole nitrogens is 2. The second-order valence-electron chi connectivity index (χ2n) is 3.93. The summed E-state index contributed by atoms with van der Waals surface area (Å²) in [5, 5.41) is 4.12. The molecule has 2 rings (SSSR count). The van der Waals surface area contributed by atoms with E-state index in [1.165, 1.54) is 11.3 Å². The van der Waals surface area contributed by atoms with Gasteiger partial charge in [-0.25, -0.2) is 4.79 Å². The van der Waals surface area contributed by atoms with Gasteiger partial charge in [-0.05, 0) is 11.4 Å². The van der Waals surface area contributed by atoms with Crippen molar-refractivity contribution in [3.05, 3.63) is 49.4 Å². The summed E-state index contributed by atoms with van der Waals surface area (Å²) >= 11 is 1.31. The molecule has 1 amide bonds. The number of nitrogens with one attached hydrogen (secondary N) is 3. The summed E-state index contributed by atoms with van der Waals surface area (Å²) in [6.07, 6.45) is 1.14. The molecule has 0 aromatic carbocycles. The molecular formula is C12H11N3O4S. The third-order valence-electron chi connectivity index (χ3n) is 2.47. The van der Waals surface area contributed by atoms with Crippen molar-refractivity contribution in [3.8, 4) is 0 Å². The van der Waals surface area contributed by atoms with Gasteiger partial charge in [-0.3, -0.25) is 19.4 Å². The SMILES string of the molecule is O=C(CCC(=O)c1cccs1)Nc1c[nH]c(=O)[nH]c1=O. The monoisotopic (exact) mass is 293 g/mol. The molecule has 0 saturated carbocycles. The van der Waals surface area contributed by atoms with E-state index in [1.807, 2.05) is 4.98 Å². The highest BCUT2D eigenvalue weighted by molar-refractivity contribution is 7.12. The van der Waals surface area contributed by atoms with E-state index in [0.29, 0.717) is 4.88 Å². The zero-order valence-electron chi connectivity index (χ0n) is 10.3. The smallest absolute Gasteiger partial charge is 0.320 e. The maximum Gasteiger partial charge on any atom is 0.325 e. The van der Waals surface area contributed by atoms with Gasteiger partial charge in [0, 0.05) is 19.0 Å². The third kappa shape index (κ3) is 3.51. The summed E-state index contributed by atoms with van der Waals surface area (Å²) in [5.41, 5.74) is -1.40. The number of aromatic amines is 2. The molecule has 0 bridgehead atoms. The summed E-state index contributed by atoms with van der Waals surface area (Å²) in [6.45, 7) is 0. The number of thiophene rings is 1. The van der Waals surface area contributed by atoms with Crippen LogP contribution in [0.1, 0.15) is 22.5 Å². The summed E-state index contributed by atoms with van der Waals surface area (Å²) in [7, 11) is 0. The predicted molar refractivity (Wildman–Crippen MR) is 74.2 cm³/mol. The predicted octanol–water partition coefficient (Wildman–Crippen LogP) is 0.726. The highest BCUT2D eigenvalue weighted by atomic mass is 32.1. The third-order valence-corrected chi connectivity index (χ3v) is 3.38. The van der Waals surface area contributed by atoms with Gasteiger partial charge in [-0.1, -0.05) is 6.07 Å². The molecule has 0 unspecified atom stereocenters. The van der Waals surface area contributed by atoms with E-state index in [2.05, 4.69) is 10.3 Å². The quantitative estimate of drug-likeness (QED) is 0.705. The largest absolute Gasteiger partial charge is 0.325 e. The van der Waals surface area contributed by atoms with E-state index in [0.717, 1.165) is 6.20 Å². The van der Waals surface area contributed by atoms with Crippen LogP contribution in [0, 0.1) is 0 Å². The Bertz CT molecular complexity index is 730. The number of aromatic nitrogens is 2. The zero-order chi connectivity index (χ0) is 14.5. The average Bonchev–Trinajstić information content (AvgIpc) is 2.93. The Morgan fingerprint density at radius 2 is 2.05 bits per heavy atom. The number of Topliss-reactive ketones (excluding diaryl/α,β-unsaturated/α-hetero) is 1. The van der Waals surface area contributed by atoms with Crippen LogP contribution in [0.4, 0.5) is 5.69 Å². The topological polar surface area (TPSA) is 112 Å². The molecule has 2 aromatic heterocycles. The fourth-order valence-corrected chi connectivity index (χ4v) is 2.20. The van der Waals surface area contributed by atoms with Gasteiger partial charge in [0.25, 0.3) is 5.56 Å². The molecule has 0 radical (unpaired) electrons. The lowest BCUT2D eigenvalue weighted by Gasteiger charge is -2.02. The van der Waals surface area contributed by atoms with Crippen LogP contribution in [-0.2, 0) is 4.79 Å². The minimum atomic E-state index is -0.688. The van der Waals surface area contributed by atoms with E-state index in [4.69, 9.17) is 0 Å². The molecule has 8 heteroatoms. The lowest BCUT2D eigenvalue weighted by molar-refractivity contribution is -0.116. The summed E-state index contributed by atoms with van der Waals surface area (Å²) < 4.78 is 0. The van der Waals surface area contributed by atoms with Crippen molar-refractivity contribution in [1.82, 2.24) is 9.97 Å². The fraction of sp³-hybridized carbons (Fsp3) is 0.167. The molecule has 20 heavy (non-hydrogen) atoms. The van der Waals surface area contributed by atoms with Crippen molar-refractivity contribution in [2.24, 2.45) is 0 Å². The van der Waals surface area contributed by atoms with E-state index in [1.54, 1.807) is 17.5 Å². The van der Waals surface area contributed by atoms with Gasteiger partial charge in [0.2, 0.25) is 5.91 Å². The van der Waals surface area contributed by atoms with Crippen LogP contribution in [-0.4, -0.2) is 21.7 Å². The number of ketones is 1. The van der Waals surface area contributed by atoms with Crippen LogP contribution in [0.15, 0.2) is 33.3 Å². The van der Waals surface area contributed by atoms with Crippen molar-refractivity contribution in [2.45, 2.75) is 12.8 Å². The number of amides is 1. The van der Waals surface area contributed by atoms with Crippen molar-refractivity contribution >= 4 is 28.7 Å². The van der Waals surface area contributed by atoms with Crippen LogP contribution in [0.3, 0.4) is 0 Å². The van der Waals surface area contributed by atoms with Crippen molar-refractivity contribution in [3.63, 3.8) is 0 Å². The molecular weight excluding hydrogens is 282 g/mol. The van der Waals surface area contributed by atoms with Crippen molar-refractivity contribution in [1.29, 1.82) is 0 Å². The van der Waals surface area contributed by atoms with Gasteiger partial charge in [0.05, 0.1) is 4.88 Å². The van der Waals surface area contributed by atoms with Crippen molar-refractivity contribution in [2.75, 3.05) is 5.32 Å². The van der Waals surface area contributed by atoms with Crippen LogP contribution < -0.4 is 16.6 Å². The molecule has 3 N–H and O–H groups in total. The standard InChI is InChI=1S/C12H11N3O4S/c16-8(9-2-1-5-20-9)3-4-10(17)14-7-6-13-12(19)15-11(7)18/h1-2,5-6H,3-4H2,(H,14,17)(H2,13,15,18,19). The average molecular weight is 293 g/mol. The Balaban J connectivity index is 1.91. The molecule has 0 aliphatic heterocycles. The molecule has 0 aliphatic rings. The van der Waals surface area contributed by atoms with Gasteiger partial charge >= 0.3 is 5.69 Å². The van der Waals surface area contributed by atoms with Gasteiger partial charge in [-0.15, -0.1) is 11.3 Å². The van der Waals surface area contributed by atoms with Gasteiger partial charge < -0.3 is 10.3 Å². The van der Waals surface area contributed by atoms with E-state index in [-0.39, 0.29) is 24.3 Å². The lowest BCUT2D eigenvalue weighted by atomic mass is 10.2. The van der Waals surface area contributed by atoms with Crippen LogP contribution in [0.25, 0.3) is 0 Å². The first-order valence-corrected chi connectivity index (χ1v) is 6.63. The lowest BCUT2D eigenvalue weighted by Crippen LogP contribution is -2.26. The number of hydrogen-bond donors (Lipinski definition) is 3. The number of carbonyl (C=O) groups excluding carboxylic acids is 2. The normalized spacial score (nSPS) is 10.2. The molecule has 0 aliphatic carbocycles. The fourth-order valence-electron chi connectivity index (χ4n) is 1.50. The van der Waals surface area contributed by atoms with Crippen LogP contribution in [0.2, 0.25) is 0 Å². The minimum absolute atomic E-state index is 0.0324. The molecule has 0 saturated heterocycles. The van der Waals surface area contributed by atoms with E-state index < -0.39 is 17.2 Å². The highest BCUT2D eigenvalue weighted by Gasteiger charge is 2.11. The minimum Gasteiger partial charge on any atom is -0.320 e. The van der Waals surface area contributed by atoms with Gasteiger partial charge in [-0.2, -0.15) is 0 Å². The molecule has 2 aromatic rings. The molecule has 0 atom stereocenters. The maximum absolute atomic E-state index is 11.7. The number of rotatable bonds is 5. The second-order valence-corrected chi connectivity index (χ2v) is 4.88. The first-order valence-electron chi connectivity index (χ1n) is 5.75. The van der Waals surface area contributed by atoms with Gasteiger partial charge in [0.15, 0.2) is 5.78 Å². The van der Waals surface area contributed by atoms with Crippen molar-refractivity contribution < 1.29 is 9.59 Å². The van der Waals surface area contributed by atoms with Crippen LogP contribution in [0.5, 0.6) is 0 Å². The number of hydrogen-bond acceptors (Lipinski definition) is 5. The van der Waals surface area contributed by atoms with Crippen LogP contribution >= 0.6 is 11.3 Å². The number of carbonyl (C=O) groups is 2.